The molecule has 0 saturated heterocycles. The lowest BCUT2D eigenvalue weighted by Gasteiger charge is -2.14. The molecule has 3 nitrogen and oxygen atoms in total. The molecule has 1 aromatic heterocycles. The van der Waals surface area contributed by atoms with E-state index in [0.29, 0.717) is 0 Å². The summed E-state index contributed by atoms with van der Waals surface area (Å²) >= 11 is 0. The number of fused-ring (bicyclic) bond motifs is 1. The van der Waals surface area contributed by atoms with Crippen molar-refractivity contribution in [1.29, 1.82) is 0 Å². The van der Waals surface area contributed by atoms with Gasteiger partial charge < -0.3 is 5.32 Å². The van der Waals surface area contributed by atoms with Crippen LogP contribution < -0.4 is 5.32 Å². The number of anilines is 2. The van der Waals surface area contributed by atoms with Crippen molar-refractivity contribution in [3.05, 3.63) is 109 Å². The van der Waals surface area contributed by atoms with Gasteiger partial charge in [0.25, 0.3) is 0 Å². The predicted octanol–water partition coefficient (Wildman–Crippen LogP) is 6.44. The topological polar surface area (TPSA) is 29.9 Å². The second-order valence-electron chi connectivity index (χ2n) is 6.69. The first kappa shape index (κ1) is 16.3. The number of hydrogen-bond donors (Lipinski definition) is 1. The van der Waals surface area contributed by atoms with Crippen LogP contribution in [-0.2, 0) is 0 Å². The molecule has 0 unspecified atom stereocenters. The average Bonchev–Trinajstić information content (AvgIpc) is 3.19. The van der Waals surface area contributed by atoms with Crippen LogP contribution in [0.25, 0.3) is 27.8 Å². The number of rotatable bonds is 4. The van der Waals surface area contributed by atoms with Crippen LogP contribution in [0.3, 0.4) is 0 Å². The SMILES string of the molecule is c1ccc(-c2ccccc2Nc2cccc(-n3cnc4ccccc43)c2)cc1. The molecule has 1 heterocycles. The van der Waals surface area contributed by atoms with Gasteiger partial charge in [-0.25, -0.2) is 4.98 Å². The standard InChI is InChI=1S/C25H19N3/c1-2-9-19(10-3-1)22-13-4-5-14-23(22)27-20-11-8-12-21(17-20)28-18-26-24-15-6-7-16-25(24)28/h1-18,27H. The van der Waals surface area contributed by atoms with Crippen molar-refractivity contribution in [3.8, 4) is 16.8 Å². The predicted molar refractivity (Wildman–Crippen MR) is 116 cm³/mol. The van der Waals surface area contributed by atoms with Gasteiger partial charge in [-0.05, 0) is 42.0 Å². The summed E-state index contributed by atoms with van der Waals surface area (Å²) in [4.78, 5) is 4.51. The number of imidazole rings is 1. The quantitative estimate of drug-likeness (QED) is 0.399. The first-order chi connectivity index (χ1) is 13.9. The molecular formula is C25H19N3. The Morgan fingerprint density at radius 3 is 2.39 bits per heavy atom. The highest BCUT2D eigenvalue weighted by molar-refractivity contribution is 5.82. The Bertz CT molecular complexity index is 1240. The third kappa shape index (κ3) is 3.03. The summed E-state index contributed by atoms with van der Waals surface area (Å²) in [5.74, 6) is 0. The summed E-state index contributed by atoms with van der Waals surface area (Å²) in [6.45, 7) is 0. The maximum Gasteiger partial charge on any atom is 0.100 e. The van der Waals surface area contributed by atoms with Crippen molar-refractivity contribution in [2.75, 3.05) is 5.32 Å². The number of hydrogen-bond acceptors (Lipinski definition) is 2. The molecule has 1 N–H and O–H groups in total. The van der Waals surface area contributed by atoms with Crippen LogP contribution in [0.5, 0.6) is 0 Å². The number of nitrogens with one attached hydrogen (secondary N) is 1. The van der Waals surface area contributed by atoms with E-state index < -0.39 is 0 Å². The van der Waals surface area contributed by atoms with E-state index in [9.17, 15) is 0 Å². The van der Waals surface area contributed by atoms with Crippen molar-refractivity contribution in [3.63, 3.8) is 0 Å². The molecule has 0 saturated carbocycles. The fourth-order valence-corrected chi connectivity index (χ4v) is 3.52. The lowest BCUT2D eigenvalue weighted by molar-refractivity contribution is 1.09. The van der Waals surface area contributed by atoms with Gasteiger partial charge in [0.1, 0.15) is 6.33 Å². The minimum atomic E-state index is 0.996. The largest absolute Gasteiger partial charge is 0.355 e. The van der Waals surface area contributed by atoms with Crippen molar-refractivity contribution < 1.29 is 0 Å². The highest BCUT2D eigenvalue weighted by Gasteiger charge is 2.07. The normalized spacial score (nSPS) is 10.9. The summed E-state index contributed by atoms with van der Waals surface area (Å²) in [7, 11) is 0. The van der Waals surface area contributed by atoms with E-state index in [2.05, 4.69) is 93.7 Å². The second kappa shape index (κ2) is 7.05. The van der Waals surface area contributed by atoms with E-state index >= 15 is 0 Å². The van der Waals surface area contributed by atoms with Crippen molar-refractivity contribution in [2.24, 2.45) is 0 Å². The van der Waals surface area contributed by atoms with Crippen LogP contribution >= 0.6 is 0 Å². The zero-order chi connectivity index (χ0) is 18.8. The molecule has 0 spiro atoms. The Labute approximate surface area is 163 Å². The Morgan fingerprint density at radius 1 is 0.679 bits per heavy atom. The van der Waals surface area contributed by atoms with Crippen LogP contribution in [0, 0.1) is 0 Å². The molecular weight excluding hydrogens is 342 g/mol. The van der Waals surface area contributed by atoms with Crippen LogP contribution in [0.2, 0.25) is 0 Å². The Hall–Kier alpha value is -3.85. The molecule has 0 bridgehead atoms. The van der Waals surface area contributed by atoms with E-state index in [-0.39, 0.29) is 0 Å². The van der Waals surface area contributed by atoms with Gasteiger partial charge >= 0.3 is 0 Å². The van der Waals surface area contributed by atoms with Crippen molar-refractivity contribution in [1.82, 2.24) is 9.55 Å². The van der Waals surface area contributed by atoms with E-state index in [1.54, 1.807) is 0 Å². The van der Waals surface area contributed by atoms with E-state index in [1.165, 1.54) is 11.1 Å². The molecule has 0 atom stereocenters. The Balaban J connectivity index is 1.52. The molecule has 0 aliphatic heterocycles. The fraction of sp³-hybridized carbons (Fsp3) is 0. The first-order valence-corrected chi connectivity index (χ1v) is 9.32. The molecule has 0 aliphatic rings. The zero-order valence-corrected chi connectivity index (χ0v) is 15.3. The van der Waals surface area contributed by atoms with Gasteiger partial charge in [0.05, 0.1) is 11.0 Å². The fourth-order valence-electron chi connectivity index (χ4n) is 3.52. The lowest BCUT2D eigenvalue weighted by atomic mass is 10.0. The minimum absolute atomic E-state index is 0.996. The van der Waals surface area contributed by atoms with E-state index in [1.807, 2.05) is 30.6 Å². The number of para-hydroxylation sites is 3. The third-order valence-corrected chi connectivity index (χ3v) is 4.87. The van der Waals surface area contributed by atoms with E-state index in [0.717, 1.165) is 28.1 Å². The summed E-state index contributed by atoms with van der Waals surface area (Å²) in [6, 6.07) is 35.4. The molecule has 5 rings (SSSR count). The molecule has 0 radical (unpaired) electrons. The third-order valence-electron chi connectivity index (χ3n) is 4.87. The maximum absolute atomic E-state index is 4.51. The summed E-state index contributed by atoms with van der Waals surface area (Å²) in [6.07, 6.45) is 1.88. The molecule has 0 aliphatic carbocycles. The Kier molecular flexibility index (Phi) is 4.11. The Morgan fingerprint density at radius 2 is 1.46 bits per heavy atom. The molecule has 134 valence electrons. The molecule has 0 amide bonds. The summed E-state index contributed by atoms with van der Waals surface area (Å²) in [5, 5.41) is 3.59. The maximum atomic E-state index is 4.51. The van der Waals surface area contributed by atoms with Crippen LogP contribution in [-0.4, -0.2) is 9.55 Å². The average molecular weight is 361 g/mol. The van der Waals surface area contributed by atoms with Crippen molar-refractivity contribution in [2.45, 2.75) is 0 Å². The van der Waals surface area contributed by atoms with Crippen molar-refractivity contribution >= 4 is 22.4 Å². The molecule has 4 aromatic carbocycles. The minimum Gasteiger partial charge on any atom is -0.355 e. The summed E-state index contributed by atoms with van der Waals surface area (Å²) < 4.78 is 2.11. The highest BCUT2D eigenvalue weighted by Crippen LogP contribution is 2.30. The number of benzene rings is 4. The molecule has 0 fully saturated rings. The molecule has 3 heteroatoms. The highest BCUT2D eigenvalue weighted by atomic mass is 15.0. The lowest BCUT2D eigenvalue weighted by Crippen LogP contribution is -1.96. The van der Waals surface area contributed by atoms with Gasteiger partial charge in [-0.3, -0.25) is 4.57 Å². The van der Waals surface area contributed by atoms with Gasteiger partial charge in [0.2, 0.25) is 0 Å². The zero-order valence-electron chi connectivity index (χ0n) is 15.3. The number of aromatic nitrogens is 2. The van der Waals surface area contributed by atoms with Crippen LogP contribution in [0.15, 0.2) is 109 Å². The van der Waals surface area contributed by atoms with Crippen LogP contribution in [0.1, 0.15) is 0 Å². The van der Waals surface area contributed by atoms with Gasteiger partial charge in [-0.1, -0.05) is 66.7 Å². The van der Waals surface area contributed by atoms with Gasteiger partial charge in [-0.2, -0.15) is 0 Å². The van der Waals surface area contributed by atoms with Gasteiger partial charge in [-0.15, -0.1) is 0 Å². The second-order valence-corrected chi connectivity index (χ2v) is 6.69. The molecule has 5 aromatic rings. The van der Waals surface area contributed by atoms with E-state index in [4.69, 9.17) is 0 Å². The molecule has 28 heavy (non-hydrogen) atoms. The van der Waals surface area contributed by atoms with Gasteiger partial charge in [0, 0.05) is 22.6 Å². The monoisotopic (exact) mass is 361 g/mol. The van der Waals surface area contributed by atoms with Crippen LogP contribution in [0.4, 0.5) is 11.4 Å². The summed E-state index contributed by atoms with van der Waals surface area (Å²) in [5.41, 5.74) is 7.68. The smallest absolute Gasteiger partial charge is 0.100 e. The number of nitrogens with zero attached hydrogens (tertiary/aromatic N) is 2. The van der Waals surface area contributed by atoms with Gasteiger partial charge in [0.15, 0.2) is 0 Å². The first-order valence-electron chi connectivity index (χ1n) is 9.32.